The van der Waals surface area contributed by atoms with Gasteiger partial charge in [-0.1, -0.05) is 30.3 Å². The van der Waals surface area contributed by atoms with Crippen molar-refractivity contribution in [3.05, 3.63) is 60.7 Å². The SMILES string of the molecule is COc1ccccc1-c1cc(-c2ccccc2)[s+]s1.I[I-]I. The van der Waals surface area contributed by atoms with Crippen molar-refractivity contribution in [1.82, 2.24) is 0 Å². The Morgan fingerprint density at radius 2 is 1.64 bits per heavy atom. The van der Waals surface area contributed by atoms with Crippen LogP contribution in [0.4, 0.5) is 0 Å². The van der Waals surface area contributed by atoms with Crippen LogP contribution in [0.1, 0.15) is 0 Å². The molecule has 0 saturated heterocycles. The molecule has 0 N–H and O–H groups in total. The fourth-order valence-electron chi connectivity index (χ4n) is 1.96. The Labute approximate surface area is 168 Å². The van der Waals surface area contributed by atoms with Gasteiger partial charge in [0.1, 0.15) is 10.6 Å². The molecule has 0 aliphatic heterocycles. The van der Waals surface area contributed by atoms with E-state index in [2.05, 4.69) is 73.6 Å². The molecule has 0 spiro atoms. The maximum atomic E-state index is 5.43. The third-order valence-corrected chi connectivity index (χ3v) is 5.38. The summed E-state index contributed by atoms with van der Waals surface area (Å²) in [5, 5.41) is 0. The molecule has 0 aliphatic rings. The van der Waals surface area contributed by atoms with Crippen LogP contribution in [-0.4, -0.2) is 7.11 Å². The Morgan fingerprint density at radius 3 is 2.32 bits per heavy atom. The minimum absolute atomic E-state index is 0.530. The minimum atomic E-state index is 0.530. The number of methoxy groups -OCH3 is 1. The van der Waals surface area contributed by atoms with Crippen LogP contribution in [0, 0.1) is 0 Å². The van der Waals surface area contributed by atoms with Gasteiger partial charge in [0.2, 0.25) is 0 Å². The Balaban J connectivity index is 0.000000545. The Kier molecular flexibility index (Phi) is 8.87. The number of benzene rings is 2. The summed E-state index contributed by atoms with van der Waals surface area (Å²) >= 11 is 5.30. The zero-order chi connectivity index (χ0) is 15.8. The predicted molar refractivity (Wildman–Crippen MR) is 112 cm³/mol. The van der Waals surface area contributed by atoms with Crippen molar-refractivity contribution in [2.75, 3.05) is 7.11 Å². The van der Waals surface area contributed by atoms with E-state index in [1.54, 1.807) is 27.8 Å². The molecule has 0 unspecified atom stereocenters. The molecule has 0 aliphatic carbocycles. The molecular weight excluding hydrogens is 653 g/mol. The predicted octanol–water partition coefficient (Wildman–Crippen LogP) is 4.21. The van der Waals surface area contributed by atoms with Crippen molar-refractivity contribution < 1.29 is 18.0 Å². The van der Waals surface area contributed by atoms with Gasteiger partial charge in [0.05, 0.1) is 7.11 Å². The van der Waals surface area contributed by atoms with Gasteiger partial charge in [-0.25, -0.2) is 0 Å². The van der Waals surface area contributed by atoms with Crippen LogP contribution >= 0.6 is 57.9 Å². The zero-order valence-corrected chi connectivity index (χ0v) is 19.7. The molecule has 3 aromatic rings. The van der Waals surface area contributed by atoms with E-state index < -0.39 is 0 Å². The maximum absolute atomic E-state index is 5.43. The normalized spacial score (nSPS) is 9.95. The van der Waals surface area contributed by atoms with Gasteiger partial charge < -0.3 is 4.74 Å². The molecule has 1 heterocycles. The molecule has 3 rings (SSSR count). The van der Waals surface area contributed by atoms with Crippen LogP contribution < -0.4 is 18.0 Å². The molecule has 6 heteroatoms. The quantitative estimate of drug-likeness (QED) is 0.232. The number of halogens is 3. The third kappa shape index (κ3) is 5.25. The van der Waals surface area contributed by atoms with Crippen LogP contribution in [0.2, 0.25) is 0 Å². The van der Waals surface area contributed by atoms with Gasteiger partial charge in [0, 0.05) is 17.2 Å². The van der Waals surface area contributed by atoms with E-state index in [4.69, 9.17) is 4.74 Å². The molecule has 0 amide bonds. The molecular formula is C16H13I3OS2. The second kappa shape index (κ2) is 10.4. The Hall–Kier alpha value is 0.480. The van der Waals surface area contributed by atoms with Crippen LogP contribution in [0.25, 0.3) is 20.9 Å². The van der Waals surface area contributed by atoms with E-state index in [1.807, 2.05) is 24.3 Å². The van der Waals surface area contributed by atoms with Crippen LogP contribution in [0.15, 0.2) is 60.7 Å². The van der Waals surface area contributed by atoms with E-state index in [0.717, 1.165) is 11.3 Å². The number of para-hydroxylation sites is 1. The average Bonchev–Trinajstić information content (AvgIpc) is 3.06. The number of rotatable bonds is 3. The standard InChI is InChI=1S/C16H13OS2.I3/c1-17-14-10-6-5-9-13(14)16-11-15(18-19-16)12-7-3-2-4-8-12;1-3-2/h2-11H,1H3;/q+1;-1. The van der Waals surface area contributed by atoms with E-state index >= 15 is 0 Å². The third-order valence-electron chi connectivity index (χ3n) is 2.91. The van der Waals surface area contributed by atoms with Gasteiger partial charge in [-0.05, 0) is 24.3 Å². The van der Waals surface area contributed by atoms with Crippen LogP contribution in [-0.2, 0) is 0 Å². The van der Waals surface area contributed by atoms with E-state index in [1.165, 1.54) is 15.3 Å². The molecule has 1 aromatic heterocycles. The van der Waals surface area contributed by atoms with Crippen molar-refractivity contribution in [3.8, 4) is 26.6 Å². The van der Waals surface area contributed by atoms with Gasteiger partial charge in [-0.15, -0.1) is 0 Å². The van der Waals surface area contributed by atoms with Crippen LogP contribution in [0.5, 0.6) is 5.75 Å². The van der Waals surface area contributed by atoms with Gasteiger partial charge in [-0.2, -0.15) is 0 Å². The first-order chi connectivity index (χ1) is 10.8. The molecule has 0 fully saturated rings. The second-order valence-corrected chi connectivity index (χ2v) is 22.6. The molecule has 2 aromatic carbocycles. The average molecular weight is 666 g/mol. The Morgan fingerprint density at radius 1 is 1.00 bits per heavy atom. The molecule has 0 radical (unpaired) electrons. The summed E-state index contributed by atoms with van der Waals surface area (Å²) in [6, 6.07) is 20.9. The first-order valence-corrected chi connectivity index (χ1v) is 21.0. The number of hydrogen-bond donors (Lipinski definition) is 0. The first-order valence-electron chi connectivity index (χ1n) is 6.29. The topological polar surface area (TPSA) is 9.23 Å². The Bertz CT molecular complexity index is 701. The second-order valence-electron chi connectivity index (χ2n) is 4.16. The summed E-state index contributed by atoms with van der Waals surface area (Å²) in [5.74, 6) is 0.927. The van der Waals surface area contributed by atoms with Gasteiger partial charge in [0.15, 0.2) is 10.3 Å². The first kappa shape index (κ1) is 18.8. The van der Waals surface area contributed by atoms with Gasteiger partial charge in [0.25, 0.3) is 4.88 Å². The fourth-order valence-corrected chi connectivity index (χ4v) is 4.42. The fraction of sp³-hybridized carbons (Fsp3) is 0.0625. The molecule has 22 heavy (non-hydrogen) atoms. The van der Waals surface area contributed by atoms with E-state index in [-0.39, 0.29) is 0 Å². The summed E-state index contributed by atoms with van der Waals surface area (Å²) in [6.45, 7) is 0. The molecule has 0 saturated carbocycles. The monoisotopic (exact) mass is 666 g/mol. The van der Waals surface area contributed by atoms with E-state index in [9.17, 15) is 0 Å². The summed E-state index contributed by atoms with van der Waals surface area (Å²) in [7, 11) is 5.31. The van der Waals surface area contributed by atoms with Crippen LogP contribution in [0.3, 0.4) is 0 Å². The van der Waals surface area contributed by atoms with Crippen molar-refractivity contribution >= 4 is 57.9 Å². The number of hydrogen-bond acceptors (Lipinski definition) is 2. The summed E-state index contributed by atoms with van der Waals surface area (Å²) in [4.78, 5) is 2.55. The molecule has 0 atom stereocenters. The molecule has 116 valence electrons. The van der Waals surface area contributed by atoms with Crippen molar-refractivity contribution in [2.24, 2.45) is 0 Å². The summed E-state index contributed by atoms with van der Waals surface area (Å²) < 4.78 is 5.43. The summed E-state index contributed by atoms with van der Waals surface area (Å²) in [5.41, 5.74) is 2.43. The van der Waals surface area contributed by atoms with Gasteiger partial charge >= 0.3 is 60.8 Å². The van der Waals surface area contributed by atoms with Gasteiger partial charge in [-0.3, -0.25) is 0 Å². The van der Waals surface area contributed by atoms with Crippen molar-refractivity contribution in [3.63, 3.8) is 0 Å². The van der Waals surface area contributed by atoms with E-state index in [0.29, 0.717) is 13.3 Å². The molecule has 1 nitrogen and oxygen atoms in total. The summed E-state index contributed by atoms with van der Waals surface area (Å²) in [6.07, 6.45) is 0. The molecule has 0 bridgehead atoms. The zero-order valence-electron chi connectivity index (χ0n) is 11.6. The van der Waals surface area contributed by atoms with Crippen molar-refractivity contribution in [2.45, 2.75) is 0 Å². The van der Waals surface area contributed by atoms with Crippen molar-refractivity contribution in [1.29, 1.82) is 0 Å². The number of ether oxygens (including phenoxy) is 1.